The fourth-order valence-corrected chi connectivity index (χ4v) is 3.67. The second-order valence-corrected chi connectivity index (χ2v) is 9.28. The molecule has 0 bridgehead atoms. The molecule has 0 atom stereocenters. The van der Waals surface area contributed by atoms with Crippen molar-refractivity contribution in [1.82, 2.24) is 0 Å². The molecule has 2 rings (SSSR count). The van der Waals surface area contributed by atoms with Crippen molar-refractivity contribution in [2.24, 2.45) is 10.8 Å². The molecule has 132 valence electrons. The first-order valence-electron chi connectivity index (χ1n) is 8.82. The van der Waals surface area contributed by atoms with Gasteiger partial charge in [0.05, 0.1) is 6.42 Å². The van der Waals surface area contributed by atoms with Gasteiger partial charge in [0, 0.05) is 0 Å². The summed E-state index contributed by atoms with van der Waals surface area (Å²) in [6.07, 6.45) is 2.51. The lowest BCUT2D eigenvalue weighted by Gasteiger charge is -2.39. The van der Waals surface area contributed by atoms with Crippen LogP contribution in [0.1, 0.15) is 85.5 Å². The molecular formula is C19H30F2O2. The van der Waals surface area contributed by atoms with Crippen molar-refractivity contribution in [1.29, 1.82) is 0 Å². The second kappa shape index (κ2) is 5.93. The molecule has 2 aliphatic carbocycles. The van der Waals surface area contributed by atoms with Gasteiger partial charge in [0.2, 0.25) is 0 Å². The average molecular weight is 328 g/mol. The Balaban J connectivity index is 1.96. The number of hydrogen-bond acceptors (Lipinski definition) is 2. The van der Waals surface area contributed by atoms with Gasteiger partial charge >= 0.3 is 0 Å². The van der Waals surface area contributed by atoms with Crippen LogP contribution in [0.15, 0.2) is 0 Å². The highest BCUT2D eigenvalue weighted by Crippen LogP contribution is 2.45. The molecule has 0 unspecified atom stereocenters. The van der Waals surface area contributed by atoms with Crippen LogP contribution in [0.5, 0.6) is 0 Å². The second-order valence-electron chi connectivity index (χ2n) is 9.28. The van der Waals surface area contributed by atoms with Gasteiger partial charge in [-0.2, -0.15) is 0 Å². The number of carbonyl (C=O) groups excluding carboxylic acids is 2. The normalized spacial score (nSPS) is 28.1. The van der Waals surface area contributed by atoms with Crippen LogP contribution in [0.2, 0.25) is 0 Å². The van der Waals surface area contributed by atoms with Gasteiger partial charge in [0.1, 0.15) is 0 Å². The van der Waals surface area contributed by atoms with Crippen molar-refractivity contribution in [3.8, 4) is 0 Å². The molecular weight excluding hydrogens is 298 g/mol. The van der Waals surface area contributed by atoms with Crippen molar-refractivity contribution in [2.75, 3.05) is 0 Å². The predicted octanol–water partition coefficient (Wildman–Crippen LogP) is 5.13. The Morgan fingerprint density at radius 3 is 1.17 bits per heavy atom. The lowest BCUT2D eigenvalue weighted by Crippen LogP contribution is -2.45. The average Bonchev–Trinajstić information content (AvgIpc) is 2.46. The van der Waals surface area contributed by atoms with Gasteiger partial charge < -0.3 is 0 Å². The van der Waals surface area contributed by atoms with E-state index in [1.165, 1.54) is 0 Å². The van der Waals surface area contributed by atoms with Crippen molar-refractivity contribution >= 4 is 11.6 Å². The van der Waals surface area contributed by atoms with Gasteiger partial charge in [-0.3, -0.25) is 9.59 Å². The highest BCUT2D eigenvalue weighted by Gasteiger charge is 2.49. The first-order valence-corrected chi connectivity index (χ1v) is 8.82. The third-order valence-electron chi connectivity index (χ3n) is 6.11. The monoisotopic (exact) mass is 328 g/mol. The number of rotatable bonds is 4. The van der Waals surface area contributed by atoms with Crippen molar-refractivity contribution in [3.05, 3.63) is 0 Å². The number of carbonyl (C=O) groups is 2. The molecule has 0 aromatic carbocycles. The molecule has 0 heterocycles. The molecule has 0 saturated heterocycles. The molecule has 2 aliphatic rings. The molecule has 4 heteroatoms. The van der Waals surface area contributed by atoms with Crippen LogP contribution < -0.4 is 0 Å². The third-order valence-corrected chi connectivity index (χ3v) is 6.11. The van der Waals surface area contributed by atoms with E-state index in [-0.39, 0.29) is 36.5 Å². The summed E-state index contributed by atoms with van der Waals surface area (Å²) in [5, 5.41) is 0. The standard InChI is InChI=1S/C19H30F2O2/c1-16(2)5-9-18(20,10-6-16)14(22)13-15(23)19(21)11-7-17(3,4)8-12-19/h5-13H2,1-4H3. The van der Waals surface area contributed by atoms with Gasteiger partial charge in [-0.25, -0.2) is 8.78 Å². The van der Waals surface area contributed by atoms with Crippen LogP contribution in [0, 0.1) is 10.8 Å². The van der Waals surface area contributed by atoms with Crippen molar-refractivity contribution < 1.29 is 18.4 Å². The summed E-state index contributed by atoms with van der Waals surface area (Å²) in [5.74, 6) is -1.42. The highest BCUT2D eigenvalue weighted by molar-refractivity contribution is 6.06. The highest BCUT2D eigenvalue weighted by atomic mass is 19.1. The fraction of sp³-hybridized carbons (Fsp3) is 0.895. The molecule has 0 aromatic heterocycles. The number of halogens is 2. The van der Waals surface area contributed by atoms with E-state index in [1.807, 2.05) is 0 Å². The van der Waals surface area contributed by atoms with E-state index >= 15 is 0 Å². The molecule has 0 aliphatic heterocycles. The molecule has 0 aromatic rings. The zero-order valence-corrected chi connectivity index (χ0v) is 14.9. The van der Waals surface area contributed by atoms with Crippen molar-refractivity contribution in [2.45, 2.75) is 96.8 Å². The Morgan fingerprint density at radius 1 is 0.652 bits per heavy atom. The van der Waals surface area contributed by atoms with E-state index in [4.69, 9.17) is 0 Å². The maximum atomic E-state index is 14.9. The van der Waals surface area contributed by atoms with Crippen LogP contribution in [0.25, 0.3) is 0 Å². The first kappa shape index (κ1) is 18.5. The Labute approximate surface area is 138 Å². The Hall–Kier alpha value is -0.800. The van der Waals surface area contributed by atoms with E-state index in [0.29, 0.717) is 25.7 Å². The zero-order valence-electron chi connectivity index (χ0n) is 14.9. The summed E-state index contributed by atoms with van der Waals surface area (Å²) >= 11 is 0. The summed E-state index contributed by atoms with van der Waals surface area (Å²) in [4.78, 5) is 24.6. The Bertz CT molecular complexity index is 430. The summed E-state index contributed by atoms with van der Waals surface area (Å²) in [6.45, 7) is 8.23. The predicted molar refractivity (Wildman–Crippen MR) is 86.8 cm³/mol. The quantitative estimate of drug-likeness (QED) is 0.670. The topological polar surface area (TPSA) is 34.1 Å². The third kappa shape index (κ3) is 4.19. The maximum absolute atomic E-state index is 14.9. The minimum atomic E-state index is -1.94. The molecule has 2 nitrogen and oxygen atoms in total. The SMILES string of the molecule is CC1(C)CCC(F)(C(=O)CC(=O)C2(F)CCC(C)(C)CC2)CC1. The van der Waals surface area contributed by atoms with Gasteiger partial charge in [0.15, 0.2) is 22.9 Å². The van der Waals surface area contributed by atoms with Gasteiger partial charge in [-0.1, -0.05) is 27.7 Å². The largest absolute Gasteiger partial charge is 0.296 e. The summed E-state index contributed by atoms with van der Waals surface area (Å²) in [6, 6.07) is 0. The van der Waals surface area contributed by atoms with E-state index in [2.05, 4.69) is 27.7 Å². The molecule has 2 saturated carbocycles. The summed E-state index contributed by atoms with van der Waals surface area (Å²) < 4.78 is 29.7. The molecule has 23 heavy (non-hydrogen) atoms. The number of alkyl halides is 2. The molecule has 0 amide bonds. The van der Waals surface area contributed by atoms with Crippen LogP contribution in [-0.2, 0) is 9.59 Å². The van der Waals surface area contributed by atoms with Crippen LogP contribution in [-0.4, -0.2) is 22.9 Å². The minimum Gasteiger partial charge on any atom is -0.296 e. The Morgan fingerprint density at radius 2 is 0.913 bits per heavy atom. The summed E-state index contributed by atoms with van der Waals surface area (Å²) in [5.41, 5.74) is -3.79. The smallest absolute Gasteiger partial charge is 0.177 e. The lowest BCUT2D eigenvalue weighted by molar-refractivity contribution is -0.143. The molecule has 2 fully saturated rings. The van der Waals surface area contributed by atoms with Crippen LogP contribution >= 0.6 is 0 Å². The Kier molecular flexibility index (Phi) is 4.78. The van der Waals surface area contributed by atoms with Gasteiger partial charge in [-0.15, -0.1) is 0 Å². The minimum absolute atomic E-state index is 0.0378. The van der Waals surface area contributed by atoms with Crippen LogP contribution in [0.3, 0.4) is 0 Å². The van der Waals surface area contributed by atoms with Gasteiger partial charge in [0.25, 0.3) is 0 Å². The molecule has 0 radical (unpaired) electrons. The first-order chi connectivity index (χ1) is 10.4. The fourth-order valence-electron chi connectivity index (χ4n) is 3.67. The number of Topliss-reactive ketones (excluding diaryl/α,β-unsaturated/α-hetero) is 2. The van der Waals surface area contributed by atoms with Crippen molar-refractivity contribution in [3.63, 3.8) is 0 Å². The van der Waals surface area contributed by atoms with E-state index < -0.39 is 29.3 Å². The lowest BCUT2D eigenvalue weighted by atomic mass is 9.68. The zero-order chi connectivity index (χ0) is 17.5. The van der Waals surface area contributed by atoms with E-state index in [0.717, 1.165) is 0 Å². The number of hydrogen-bond donors (Lipinski definition) is 0. The van der Waals surface area contributed by atoms with Crippen LogP contribution in [0.4, 0.5) is 8.78 Å². The molecule has 0 N–H and O–H groups in total. The van der Waals surface area contributed by atoms with E-state index in [9.17, 15) is 18.4 Å². The maximum Gasteiger partial charge on any atom is 0.177 e. The summed E-state index contributed by atoms with van der Waals surface area (Å²) in [7, 11) is 0. The molecule has 0 spiro atoms. The number of ketones is 2. The van der Waals surface area contributed by atoms with E-state index in [1.54, 1.807) is 0 Å². The van der Waals surface area contributed by atoms with Gasteiger partial charge in [-0.05, 0) is 62.2 Å².